The molecule has 5 rings (SSSR count). The average Bonchev–Trinajstić information content (AvgIpc) is 3.59. The number of benzene rings is 1. The van der Waals surface area contributed by atoms with Crippen molar-refractivity contribution in [1.29, 1.82) is 0 Å². The van der Waals surface area contributed by atoms with Crippen molar-refractivity contribution in [3.05, 3.63) is 53.9 Å². The quantitative estimate of drug-likeness (QED) is 0.497. The Kier molecular flexibility index (Phi) is 6.88. The highest BCUT2D eigenvalue weighted by atomic mass is 19.1. The molecule has 37 heavy (non-hydrogen) atoms. The van der Waals surface area contributed by atoms with Gasteiger partial charge in [-0.2, -0.15) is 0 Å². The zero-order valence-electron chi connectivity index (χ0n) is 20.6. The molecule has 10 nitrogen and oxygen atoms in total. The Balaban J connectivity index is 1.21. The molecule has 0 bridgehead atoms. The summed E-state index contributed by atoms with van der Waals surface area (Å²) in [5.74, 6) is 1.07. The Morgan fingerprint density at radius 3 is 2.73 bits per heavy atom. The number of piperidine rings is 1. The van der Waals surface area contributed by atoms with Gasteiger partial charge < -0.3 is 24.5 Å². The molecule has 1 saturated carbocycles. The number of likely N-dealkylation sites (tertiary alicyclic amines) is 1. The van der Waals surface area contributed by atoms with Gasteiger partial charge in [-0.05, 0) is 54.3 Å². The van der Waals surface area contributed by atoms with E-state index in [1.54, 1.807) is 25.3 Å². The molecule has 2 fully saturated rings. The number of aryl methyl sites for hydroxylation is 2. The predicted octanol–water partition coefficient (Wildman–Crippen LogP) is 2.80. The zero-order valence-corrected chi connectivity index (χ0v) is 20.6. The molecule has 1 unspecified atom stereocenters. The van der Waals surface area contributed by atoms with E-state index < -0.39 is 24.8 Å². The Hall–Kier alpha value is -3.86. The molecule has 2 aromatic heterocycles. The van der Waals surface area contributed by atoms with Crippen molar-refractivity contribution in [3.63, 3.8) is 0 Å². The summed E-state index contributed by atoms with van der Waals surface area (Å²) in [6.07, 6.45) is 0.618. The first-order chi connectivity index (χ1) is 17.8. The number of amides is 2. The first-order valence-corrected chi connectivity index (χ1v) is 12.2. The van der Waals surface area contributed by atoms with Gasteiger partial charge in [-0.3, -0.25) is 9.59 Å². The molecule has 2 aliphatic rings. The highest BCUT2D eigenvalue weighted by Gasteiger charge is 2.47. The fourth-order valence-electron chi connectivity index (χ4n) is 4.58. The third-order valence-corrected chi connectivity index (χ3v) is 6.75. The summed E-state index contributed by atoms with van der Waals surface area (Å²) in [5.41, 5.74) is 2.59. The van der Waals surface area contributed by atoms with Crippen LogP contribution in [0.15, 0.2) is 40.9 Å². The monoisotopic (exact) mass is 509 g/mol. The number of aromatic nitrogens is 3. The maximum atomic E-state index is 14.6. The number of pyridine rings is 1. The summed E-state index contributed by atoms with van der Waals surface area (Å²) in [6, 6.07) is 9.24. The van der Waals surface area contributed by atoms with Gasteiger partial charge in [0.25, 0.3) is 0 Å². The molecule has 194 valence electrons. The van der Waals surface area contributed by atoms with Crippen LogP contribution in [0.4, 0.5) is 10.2 Å². The maximum Gasteiger partial charge on any atom is 0.248 e. The van der Waals surface area contributed by atoms with Crippen LogP contribution in [0.5, 0.6) is 5.75 Å². The Bertz CT molecular complexity index is 1310. The van der Waals surface area contributed by atoms with Gasteiger partial charge in [0.05, 0.1) is 12.5 Å². The van der Waals surface area contributed by atoms with Crippen LogP contribution in [0.3, 0.4) is 0 Å². The van der Waals surface area contributed by atoms with Crippen LogP contribution in [-0.4, -0.2) is 69.0 Å². The largest absolute Gasteiger partial charge is 0.487 e. The summed E-state index contributed by atoms with van der Waals surface area (Å²) >= 11 is 0. The van der Waals surface area contributed by atoms with Gasteiger partial charge in [0.1, 0.15) is 24.3 Å². The normalized spacial score (nSPS) is 23.0. The van der Waals surface area contributed by atoms with Crippen molar-refractivity contribution < 1.29 is 28.2 Å². The van der Waals surface area contributed by atoms with Crippen LogP contribution in [0.2, 0.25) is 0 Å². The van der Waals surface area contributed by atoms with E-state index in [1.807, 2.05) is 25.1 Å². The van der Waals surface area contributed by atoms with Crippen LogP contribution in [0.1, 0.15) is 36.1 Å². The van der Waals surface area contributed by atoms with Gasteiger partial charge in [0.2, 0.25) is 23.6 Å². The number of nitrogens with zero attached hydrogens (tertiary/aromatic N) is 4. The number of rotatable bonds is 7. The van der Waals surface area contributed by atoms with Gasteiger partial charge in [-0.1, -0.05) is 6.07 Å². The van der Waals surface area contributed by atoms with Crippen LogP contribution < -0.4 is 10.1 Å². The fraction of sp³-hybridized carbons (Fsp3) is 0.423. The summed E-state index contributed by atoms with van der Waals surface area (Å²) < 4.78 is 26.0. The van der Waals surface area contributed by atoms with E-state index >= 15 is 0 Å². The molecular weight excluding hydrogens is 481 g/mol. The molecule has 0 spiro atoms. The lowest BCUT2D eigenvalue weighted by Crippen LogP contribution is -2.50. The van der Waals surface area contributed by atoms with Crippen LogP contribution in [0, 0.1) is 19.8 Å². The molecule has 1 saturated heterocycles. The molecule has 4 atom stereocenters. The minimum Gasteiger partial charge on any atom is -0.487 e. The number of halogens is 1. The molecule has 2 N–H and O–H groups in total. The number of aliphatic hydroxyl groups is 1. The summed E-state index contributed by atoms with van der Waals surface area (Å²) in [6.45, 7) is 3.22. The summed E-state index contributed by atoms with van der Waals surface area (Å²) in [5, 5.41) is 19.7. The van der Waals surface area contributed by atoms with E-state index in [0.717, 1.165) is 16.7 Å². The molecule has 1 aromatic carbocycles. The first-order valence-electron chi connectivity index (χ1n) is 12.2. The number of anilines is 1. The first kappa shape index (κ1) is 24.8. The molecule has 2 amide bonds. The molecule has 3 heterocycles. The van der Waals surface area contributed by atoms with E-state index in [9.17, 15) is 14.0 Å². The van der Waals surface area contributed by atoms with Gasteiger partial charge in [-0.25, -0.2) is 9.37 Å². The second kappa shape index (κ2) is 10.3. The highest BCUT2D eigenvalue weighted by molar-refractivity contribution is 5.94. The third kappa shape index (κ3) is 5.46. The molecule has 1 aliphatic carbocycles. The molecule has 0 radical (unpaired) electrons. The zero-order chi connectivity index (χ0) is 26.1. The lowest BCUT2D eigenvalue weighted by molar-refractivity contribution is -0.138. The Labute approximate surface area is 212 Å². The smallest absolute Gasteiger partial charge is 0.248 e. The average molecular weight is 510 g/mol. The van der Waals surface area contributed by atoms with Crippen molar-refractivity contribution in [1.82, 2.24) is 20.1 Å². The van der Waals surface area contributed by atoms with Gasteiger partial charge in [0, 0.05) is 32.0 Å². The number of carbonyl (C=O) groups excluding carboxylic acids is 2. The minimum atomic E-state index is -1.34. The number of ether oxygens (including phenoxy) is 1. The number of nitrogens with one attached hydrogen (secondary N) is 1. The molecule has 3 aromatic rings. The lowest BCUT2D eigenvalue weighted by atomic mass is 10.0. The molecular formula is C26H28FN5O5. The van der Waals surface area contributed by atoms with E-state index in [0.29, 0.717) is 42.7 Å². The van der Waals surface area contributed by atoms with Crippen LogP contribution in [0.25, 0.3) is 11.1 Å². The van der Waals surface area contributed by atoms with Crippen molar-refractivity contribution in [2.45, 2.75) is 44.9 Å². The van der Waals surface area contributed by atoms with Crippen molar-refractivity contribution in [2.75, 3.05) is 25.0 Å². The molecule has 11 heteroatoms. The SMILES string of the molecule is Cc1nnc([C@@H]2CC2C(=O)Nc2cc(-c3ccc(O[C@H]4CCN(C(=O)CO)C[C@H]4F)c(C)c3)ccn2)o1. The van der Waals surface area contributed by atoms with E-state index in [-0.39, 0.29) is 24.3 Å². The summed E-state index contributed by atoms with van der Waals surface area (Å²) in [7, 11) is 0. The third-order valence-electron chi connectivity index (χ3n) is 6.75. The minimum absolute atomic E-state index is 0.0640. The van der Waals surface area contributed by atoms with Gasteiger partial charge >= 0.3 is 0 Å². The fourth-order valence-corrected chi connectivity index (χ4v) is 4.58. The highest BCUT2D eigenvalue weighted by Crippen LogP contribution is 2.47. The summed E-state index contributed by atoms with van der Waals surface area (Å²) in [4.78, 5) is 29.9. The van der Waals surface area contributed by atoms with Crippen LogP contribution in [-0.2, 0) is 9.59 Å². The number of hydrogen-bond acceptors (Lipinski definition) is 8. The lowest BCUT2D eigenvalue weighted by Gasteiger charge is -2.34. The van der Waals surface area contributed by atoms with Crippen LogP contribution >= 0.6 is 0 Å². The van der Waals surface area contributed by atoms with Crippen molar-refractivity contribution in [2.24, 2.45) is 5.92 Å². The Morgan fingerprint density at radius 1 is 1.22 bits per heavy atom. The van der Waals surface area contributed by atoms with Gasteiger partial charge in [0.15, 0.2) is 6.17 Å². The van der Waals surface area contributed by atoms with Gasteiger partial charge in [-0.15, -0.1) is 10.2 Å². The van der Waals surface area contributed by atoms with Crippen molar-refractivity contribution in [3.8, 4) is 16.9 Å². The topological polar surface area (TPSA) is 131 Å². The standard InChI is InChI=1S/C26H28FN5O5/c1-14-9-16(3-4-21(14)37-22-6-8-32(12-20(22)27)24(34)13-33)17-5-7-28-23(10-17)29-25(35)18-11-19(18)26-31-30-15(2)36-26/h3-5,7,9-10,18-20,22,33H,6,8,11-13H2,1-2H3,(H,28,29,35)/t18?,19-,20-,22+/m1/s1. The van der Waals surface area contributed by atoms with E-state index in [2.05, 4.69) is 20.5 Å². The number of alkyl halides is 1. The molecule has 1 aliphatic heterocycles. The van der Waals surface area contributed by atoms with Crippen molar-refractivity contribution >= 4 is 17.6 Å². The van der Waals surface area contributed by atoms with E-state index in [4.69, 9.17) is 14.3 Å². The predicted molar refractivity (Wildman–Crippen MR) is 131 cm³/mol. The number of carbonyl (C=O) groups is 2. The maximum absolute atomic E-state index is 14.6. The number of aliphatic hydroxyl groups excluding tert-OH is 1. The Morgan fingerprint density at radius 2 is 2.03 bits per heavy atom. The van der Waals surface area contributed by atoms with E-state index in [1.165, 1.54) is 4.90 Å². The number of hydrogen-bond donors (Lipinski definition) is 2. The second-order valence-corrected chi connectivity index (χ2v) is 9.47. The second-order valence-electron chi connectivity index (χ2n) is 9.47.